The second kappa shape index (κ2) is 11.3. The molecule has 10 heteroatoms. The standard InChI is InChI=1S/C17H13N5O.C10H19NO3/c18-16-14-15(21-22-17(14)20-10-19-16)11-6-8-13(9-7-11)23-12-4-2-1-3-5-12;1-10(2,3)14-9(13)11-6-4-5-8(12)7-11/h1-10H,(H3,18,19,20,21,22);8,12H,4-7H2,1-3H3. The summed E-state index contributed by atoms with van der Waals surface area (Å²) in [5.74, 6) is 1.96. The molecular formula is C27H32N6O4. The Kier molecular flexibility index (Phi) is 7.88. The minimum Gasteiger partial charge on any atom is -0.457 e. The number of benzene rings is 2. The topological polar surface area (TPSA) is 139 Å². The fourth-order valence-electron chi connectivity index (χ4n) is 3.85. The Labute approximate surface area is 215 Å². The molecular weight excluding hydrogens is 472 g/mol. The number of nitrogens with zero attached hydrogens (tertiary/aromatic N) is 4. The molecule has 0 radical (unpaired) electrons. The van der Waals surface area contributed by atoms with Crippen LogP contribution in [0.2, 0.25) is 0 Å². The van der Waals surface area contributed by atoms with E-state index >= 15 is 0 Å². The number of carbonyl (C=O) groups excluding carboxylic acids is 1. The third kappa shape index (κ3) is 6.95. The number of para-hydroxylation sites is 1. The lowest BCUT2D eigenvalue weighted by atomic mass is 10.1. The monoisotopic (exact) mass is 504 g/mol. The van der Waals surface area contributed by atoms with Crippen molar-refractivity contribution in [2.24, 2.45) is 0 Å². The van der Waals surface area contributed by atoms with Crippen molar-refractivity contribution in [3.8, 4) is 22.8 Å². The highest BCUT2D eigenvalue weighted by atomic mass is 16.6. The number of nitrogens with one attached hydrogen (secondary N) is 1. The lowest BCUT2D eigenvalue weighted by Crippen LogP contribution is -2.44. The molecule has 37 heavy (non-hydrogen) atoms. The summed E-state index contributed by atoms with van der Waals surface area (Å²) in [6.45, 7) is 6.60. The molecule has 5 rings (SSSR count). The molecule has 1 atom stereocenters. The summed E-state index contributed by atoms with van der Waals surface area (Å²) in [7, 11) is 0. The molecule has 1 aliphatic heterocycles. The molecule has 194 valence electrons. The lowest BCUT2D eigenvalue weighted by molar-refractivity contribution is 0.00391. The molecule has 2 aromatic carbocycles. The maximum atomic E-state index is 11.6. The van der Waals surface area contributed by atoms with Crippen LogP contribution in [0, 0.1) is 0 Å². The SMILES string of the molecule is CC(C)(C)OC(=O)N1CCCC(O)C1.Nc1ncnc2n[nH]c(-c3ccc(Oc4ccccc4)cc3)c12. The van der Waals surface area contributed by atoms with Crippen LogP contribution < -0.4 is 10.5 Å². The van der Waals surface area contributed by atoms with Crippen LogP contribution in [-0.2, 0) is 4.74 Å². The second-order valence-corrected chi connectivity index (χ2v) is 9.72. The van der Waals surface area contributed by atoms with Crippen molar-refractivity contribution >= 4 is 22.9 Å². The zero-order valence-corrected chi connectivity index (χ0v) is 21.2. The zero-order valence-electron chi connectivity index (χ0n) is 21.2. The van der Waals surface area contributed by atoms with Gasteiger partial charge in [-0.25, -0.2) is 14.8 Å². The van der Waals surface area contributed by atoms with Crippen molar-refractivity contribution in [1.29, 1.82) is 0 Å². The summed E-state index contributed by atoms with van der Waals surface area (Å²) in [5, 5.41) is 17.2. The van der Waals surface area contributed by atoms with E-state index in [1.807, 2.05) is 75.4 Å². The van der Waals surface area contributed by atoms with Crippen molar-refractivity contribution in [2.45, 2.75) is 45.3 Å². The van der Waals surface area contributed by atoms with Crippen molar-refractivity contribution in [1.82, 2.24) is 25.1 Å². The van der Waals surface area contributed by atoms with E-state index in [1.54, 1.807) is 4.90 Å². The summed E-state index contributed by atoms with van der Waals surface area (Å²) < 4.78 is 11.0. The summed E-state index contributed by atoms with van der Waals surface area (Å²) in [6.07, 6.45) is 2.31. The van der Waals surface area contributed by atoms with Crippen LogP contribution in [0.15, 0.2) is 60.9 Å². The molecule has 1 fully saturated rings. The molecule has 4 aromatic rings. The molecule has 0 saturated carbocycles. The average molecular weight is 505 g/mol. The first-order valence-corrected chi connectivity index (χ1v) is 12.1. The first kappa shape index (κ1) is 25.9. The molecule has 10 nitrogen and oxygen atoms in total. The minimum atomic E-state index is -0.459. The number of aromatic nitrogens is 4. The summed E-state index contributed by atoms with van der Waals surface area (Å²) in [5.41, 5.74) is 7.76. The highest BCUT2D eigenvalue weighted by Crippen LogP contribution is 2.30. The van der Waals surface area contributed by atoms with Crippen molar-refractivity contribution < 1.29 is 19.4 Å². The number of piperidine rings is 1. The number of H-pyrrole nitrogens is 1. The number of likely N-dealkylation sites (tertiary alicyclic amines) is 1. The number of hydrogen-bond acceptors (Lipinski definition) is 8. The third-order valence-electron chi connectivity index (χ3n) is 5.55. The highest BCUT2D eigenvalue weighted by Gasteiger charge is 2.26. The summed E-state index contributed by atoms with van der Waals surface area (Å²) in [6, 6.07) is 17.3. The number of fused-ring (bicyclic) bond motifs is 1. The van der Waals surface area contributed by atoms with Gasteiger partial charge in [0.1, 0.15) is 29.2 Å². The molecule has 1 amide bonds. The first-order chi connectivity index (χ1) is 17.7. The number of carbonyl (C=O) groups is 1. The minimum absolute atomic E-state index is 0.323. The summed E-state index contributed by atoms with van der Waals surface area (Å²) >= 11 is 0. The lowest BCUT2D eigenvalue weighted by Gasteiger charge is -2.32. The molecule has 2 aromatic heterocycles. The van der Waals surface area contributed by atoms with Crippen LogP contribution in [0.1, 0.15) is 33.6 Å². The van der Waals surface area contributed by atoms with E-state index in [0.29, 0.717) is 24.6 Å². The van der Waals surface area contributed by atoms with Gasteiger partial charge in [-0.2, -0.15) is 5.10 Å². The highest BCUT2D eigenvalue weighted by molar-refractivity contribution is 5.97. The van der Waals surface area contributed by atoms with Crippen molar-refractivity contribution in [2.75, 3.05) is 18.8 Å². The van der Waals surface area contributed by atoms with Gasteiger partial charge in [-0.1, -0.05) is 18.2 Å². The Hall–Kier alpha value is -4.18. The maximum absolute atomic E-state index is 11.6. The number of hydrogen-bond donors (Lipinski definition) is 3. The average Bonchev–Trinajstić information content (AvgIpc) is 3.30. The quantitative estimate of drug-likeness (QED) is 0.362. The van der Waals surface area contributed by atoms with Gasteiger partial charge in [-0.05, 0) is 70.0 Å². The van der Waals surface area contributed by atoms with E-state index in [-0.39, 0.29) is 6.09 Å². The Bertz CT molecular complexity index is 1320. The van der Waals surface area contributed by atoms with E-state index in [4.69, 9.17) is 15.2 Å². The van der Waals surface area contributed by atoms with E-state index in [2.05, 4.69) is 20.2 Å². The zero-order chi connectivity index (χ0) is 26.4. The molecule has 1 unspecified atom stereocenters. The molecule has 3 heterocycles. The van der Waals surface area contributed by atoms with Gasteiger partial charge in [0, 0.05) is 18.7 Å². The number of anilines is 1. The smallest absolute Gasteiger partial charge is 0.410 e. The fraction of sp³-hybridized carbons (Fsp3) is 0.333. The molecule has 4 N–H and O–H groups in total. The Morgan fingerprint density at radius 2 is 1.78 bits per heavy atom. The van der Waals surface area contributed by atoms with E-state index in [9.17, 15) is 9.90 Å². The van der Waals surface area contributed by atoms with Crippen LogP contribution in [-0.4, -0.2) is 61.1 Å². The molecule has 0 bridgehead atoms. The maximum Gasteiger partial charge on any atom is 0.410 e. The summed E-state index contributed by atoms with van der Waals surface area (Å²) in [4.78, 5) is 21.2. The van der Waals surface area contributed by atoms with E-state index in [0.717, 1.165) is 41.0 Å². The van der Waals surface area contributed by atoms with Gasteiger partial charge >= 0.3 is 6.09 Å². The van der Waals surface area contributed by atoms with Gasteiger partial charge in [0.05, 0.1) is 17.2 Å². The molecule has 1 aliphatic rings. The number of aliphatic hydroxyl groups excluding tert-OH is 1. The van der Waals surface area contributed by atoms with Crippen molar-refractivity contribution in [3.05, 3.63) is 60.9 Å². The van der Waals surface area contributed by atoms with Crippen LogP contribution in [0.4, 0.5) is 10.6 Å². The van der Waals surface area contributed by atoms with Gasteiger partial charge in [0.15, 0.2) is 5.65 Å². The van der Waals surface area contributed by atoms with Crippen LogP contribution in [0.5, 0.6) is 11.5 Å². The fourth-order valence-corrected chi connectivity index (χ4v) is 3.85. The second-order valence-electron chi connectivity index (χ2n) is 9.72. The normalized spacial score (nSPS) is 15.6. The van der Waals surface area contributed by atoms with E-state index in [1.165, 1.54) is 6.33 Å². The number of ether oxygens (including phenoxy) is 2. The molecule has 1 saturated heterocycles. The first-order valence-electron chi connectivity index (χ1n) is 12.1. The van der Waals surface area contributed by atoms with Crippen LogP contribution >= 0.6 is 0 Å². The van der Waals surface area contributed by atoms with Gasteiger partial charge in [0.25, 0.3) is 0 Å². The molecule has 0 aliphatic carbocycles. The molecule has 0 spiro atoms. The van der Waals surface area contributed by atoms with Gasteiger partial charge in [-0.3, -0.25) is 5.10 Å². The number of rotatable bonds is 3. The van der Waals surface area contributed by atoms with Crippen LogP contribution in [0.3, 0.4) is 0 Å². The van der Waals surface area contributed by atoms with Crippen molar-refractivity contribution in [3.63, 3.8) is 0 Å². The predicted octanol–water partition coefficient (Wildman–Crippen LogP) is 4.77. The Balaban J connectivity index is 0.000000197. The number of aromatic amines is 1. The number of aliphatic hydroxyl groups is 1. The predicted molar refractivity (Wildman–Crippen MR) is 141 cm³/mol. The number of amides is 1. The Morgan fingerprint density at radius 1 is 1.08 bits per heavy atom. The number of nitrogens with two attached hydrogens (primary N) is 1. The van der Waals surface area contributed by atoms with Crippen LogP contribution in [0.25, 0.3) is 22.3 Å². The Morgan fingerprint density at radius 3 is 2.46 bits per heavy atom. The number of nitrogen functional groups attached to an aromatic ring is 1. The van der Waals surface area contributed by atoms with Gasteiger partial charge in [-0.15, -0.1) is 0 Å². The third-order valence-corrected chi connectivity index (χ3v) is 5.55. The largest absolute Gasteiger partial charge is 0.457 e. The van der Waals surface area contributed by atoms with E-state index < -0.39 is 11.7 Å². The van der Waals surface area contributed by atoms with Gasteiger partial charge in [0.2, 0.25) is 0 Å². The van der Waals surface area contributed by atoms with Gasteiger partial charge < -0.3 is 25.2 Å². The number of β-amino-alcohol motifs (C(OH)–C–C–N with tert-alkyl or cyclic N) is 1.